The first-order valence-electron chi connectivity index (χ1n) is 13.8. The zero-order valence-electron chi connectivity index (χ0n) is 22.9. The Morgan fingerprint density at radius 2 is 2.05 bits per heavy atom. The van der Waals surface area contributed by atoms with Crippen LogP contribution >= 0.6 is 11.3 Å². The summed E-state index contributed by atoms with van der Waals surface area (Å²) in [6.07, 6.45) is 2.70. The van der Waals surface area contributed by atoms with Crippen LogP contribution < -0.4 is 9.80 Å². The first-order valence-corrected chi connectivity index (χ1v) is 14.6. The van der Waals surface area contributed by atoms with Gasteiger partial charge in [0.05, 0.1) is 29.8 Å². The van der Waals surface area contributed by atoms with Crippen LogP contribution in [-0.2, 0) is 16.1 Å². The molecule has 4 aromatic rings. The molecule has 210 valence electrons. The van der Waals surface area contributed by atoms with Gasteiger partial charge in [-0.2, -0.15) is 10.4 Å². The van der Waals surface area contributed by atoms with Crippen molar-refractivity contribution in [3.63, 3.8) is 0 Å². The van der Waals surface area contributed by atoms with E-state index in [4.69, 9.17) is 14.8 Å². The molecule has 10 nitrogen and oxygen atoms in total. The molecule has 0 saturated carbocycles. The summed E-state index contributed by atoms with van der Waals surface area (Å²) >= 11 is 1.29. The van der Waals surface area contributed by atoms with Gasteiger partial charge < -0.3 is 19.4 Å². The van der Waals surface area contributed by atoms with Crippen molar-refractivity contribution in [2.75, 3.05) is 56.2 Å². The number of amides is 1. The van der Waals surface area contributed by atoms with Gasteiger partial charge in [-0.25, -0.2) is 19.0 Å². The number of hydrogen-bond donors (Lipinski definition) is 0. The lowest BCUT2D eigenvalue weighted by molar-refractivity contribution is -0.149. The molecule has 3 aromatic heterocycles. The molecule has 12 heteroatoms. The molecule has 1 spiro atoms. The number of nitrogens with zero attached hydrogens (tertiary/aromatic N) is 8. The number of likely N-dealkylation sites (tertiary alicyclic amines) is 1. The second-order valence-corrected chi connectivity index (χ2v) is 12.1. The largest absolute Gasteiger partial charge is 0.381 e. The molecule has 3 aliphatic heterocycles. The molecular weight excluding hydrogens is 543 g/mol. The quantitative estimate of drug-likeness (QED) is 0.341. The summed E-state index contributed by atoms with van der Waals surface area (Å²) in [7, 11) is 1.91. The highest BCUT2D eigenvalue weighted by Gasteiger charge is 2.54. The van der Waals surface area contributed by atoms with Crippen molar-refractivity contribution < 1.29 is 13.9 Å². The van der Waals surface area contributed by atoms with Crippen molar-refractivity contribution in [2.45, 2.75) is 19.9 Å². The third kappa shape index (κ3) is 4.31. The van der Waals surface area contributed by atoms with E-state index in [0.717, 1.165) is 49.5 Å². The number of rotatable bonds is 6. The third-order valence-corrected chi connectivity index (χ3v) is 9.39. The van der Waals surface area contributed by atoms with Crippen LogP contribution in [0.3, 0.4) is 0 Å². The Balaban J connectivity index is 1.13. The van der Waals surface area contributed by atoms with E-state index >= 15 is 0 Å². The molecule has 1 amide bonds. The topological polar surface area (TPSA) is 103 Å². The first kappa shape index (κ1) is 25.9. The highest BCUT2D eigenvalue weighted by molar-refractivity contribution is 7.16. The fourth-order valence-electron chi connectivity index (χ4n) is 6.21. The highest BCUT2D eigenvalue weighted by Crippen LogP contribution is 2.44. The summed E-state index contributed by atoms with van der Waals surface area (Å²) in [5, 5.41) is 16.1. The minimum Gasteiger partial charge on any atom is -0.381 e. The van der Waals surface area contributed by atoms with E-state index in [0.29, 0.717) is 46.7 Å². The Morgan fingerprint density at radius 3 is 2.73 bits per heavy atom. The van der Waals surface area contributed by atoms with Crippen molar-refractivity contribution >= 4 is 44.9 Å². The number of thiazole rings is 1. The molecule has 3 fully saturated rings. The molecule has 0 bridgehead atoms. The standard InChI is InChI=1S/C29H29FN8O2S/c1-3-38-26(35(2)28-33-24(23(11-31)41-28)18-4-6-20(30)7-5-18)22-10-21(12-32-25(22)34-38)36-14-29(15-36)16-37(17-29)27(39)19-8-9-40-13-19/h4-7,10,12,19H,3,8-9,13-17H2,1-2H3/t19-/m0/s1. The van der Waals surface area contributed by atoms with Crippen molar-refractivity contribution in [2.24, 2.45) is 11.3 Å². The molecule has 0 unspecified atom stereocenters. The van der Waals surface area contributed by atoms with E-state index in [9.17, 15) is 14.4 Å². The van der Waals surface area contributed by atoms with E-state index in [2.05, 4.69) is 22.0 Å². The second-order valence-electron chi connectivity index (χ2n) is 11.2. The second kappa shape index (κ2) is 9.78. The van der Waals surface area contributed by atoms with Gasteiger partial charge in [0.25, 0.3) is 0 Å². The van der Waals surface area contributed by atoms with Crippen molar-refractivity contribution in [1.29, 1.82) is 5.26 Å². The lowest BCUT2D eigenvalue weighted by Gasteiger charge is -2.61. The number of benzene rings is 1. The lowest BCUT2D eigenvalue weighted by atomic mass is 9.72. The molecule has 1 aromatic carbocycles. The number of fused-ring (bicyclic) bond motifs is 1. The molecule has 3 saturated heterocycles. The van der Waals surface area contributed by atoms with Crippen LogP contribution in [0.4, 0.5) is 21.0 Å². The summed E-state index contributed by atoms with van der Waals surface area (Å²) in [5.41, 5.74) is 3.04. The van der Waals surface area contributed by atoms with Crippen molar-refractivity contribution in [3.05, 3.63) is 47.2 Å². The SMILES string of the molecule is CCn1nc2ncc(N3CC4(CN(C(=O)[C@H]5CCOC5)C4)C3)cc2c1N(C)c1nc(-c2ccc(F)cc2)c(C#N)s1. The maximum absolute atomic E-state index is 13.5. The number of aryl methyl sites for hydroxylation is 1. The normalized spacial score (nSPS) is 19.3. The van der Waals surface area contributed by atoms with Crippen LogP contribution in [-0.4, -0.2) is 77.0 Å². The maximum Gasteiger partial charge on any atom is 0.228 e. The van der Waals surface area contributed by atoms with E-state index in [-0.39, 0.29) is 23.1 Å². The minimum atomic E-state index is -0.336. The van der Waals surface area contributed by atoms with Gasteiger partial charge in [0.1, 0.15) is 28.3 Å². The predicted molar refractivity (Wildman–Crippen MR) is 154 cm³/mol. The fourth-order valence-corrected chi connectivity index (χ4v) is 7.06. The smallest absolute Gasteiger partial charge is 0.228 e. The Morgan fingerprint density at radius 1 is 1.27 bits per heavy atom. The molecule has 1 atom stereocenters. The van der Waals surface area contributed by atoms with Gasteiger partial charge in [0, 0.05) is 57.4 Å². The van der Waals surface area contributed by atoms with E-state index in [1.54, 1.807) is 12.1 Å². The van der Waals surface area contributed by atoms with Crippen LogP contribution in [0.5, 0.6) is 0 Å². The zero-order valence-corrected chi connectivity index (χ0v) is 23.7. The van der Waals surface area contributed by atoms with Gasteiger partial charge in [-0.05, 0) is 43.7 Å². The molecule has 0 aliphatic carbocycles. The zero-order chi connectivity index (χ0) is 28.3. The average Bonchev–Trinajstić information content (AvgIpc) is 3.70. The van der Waals surface area contributed by atoms with Crippen LogP contribution in [0.15, 0.2) is 36.5 Å². The van der Waals surface area contributed by atoms with Crippen LogP contribution in [0, 0.1) is 28.5 Å². The van der Waals surface area contributed by atoms with E-state index in [1.165, 1.54) is 23.5 Å². The number of pyridine rings is 1. The average molecular weight is 573 g/mol. The third-order valence-electron chi connectivity index (χ3n) is 8.35. The predicted octanol–water partition coefficient (Wildman–Crippen LogP) is 4.04. The van der Waals surface area contributed by atoms with Crippen molar-refractivity contribution in [1.82, 2.24) is 24.6 Å². The van der Waals surface area contributed by atoms with Crippen LogP contribution in [0.2, 0.25) is 0 Å². The van der Waals surface area contributed by atoms with Crippen LogP contribution in [0.25, 0.3) is 22.3 Å². The molecule has 0 N–H and O–H groups in total. The minimum absolute atomic E-state index is 0.0227. The Labute approximate surface area is 240 Å². The van der Waals surface area contributed by atoms with E-state index < -0.39 is 0 Å². The molecular formula is C29H29FN8O2S. The number of carbonyl (C=O) groups excluding carboxylic acids is 1. The fraction of sp³-hybridized carbons (Fsp3) is 0.414. The van der Waals surface area contributed by atoms with Gasteiger partial charge in [0.15, 0.2) is 10.8 Å². The summed E-state index contributed by atoms with van der Waals surface area (Å²) in [5.74, 6) is 0.764. The molecule has 7 rings (SSSR count). The maximum atomic E-state index is 13.5. The van der Waals surface area contributed by atoms with Crippen molar-refractivity contribution in [3.8, 4) is 17.3 Å². The lowest BCUT2D eigenvalue weighted by Crippen LogP contribution is -2.73. The number of hydrogen-bond acceptors (Lipinski definition) is 9. The number of aromatic nitrogens is 4. The Bertz CT molecular complexity index is 1670. The Hall–Kier alpha value is -4.08. The first-order chi connectivity index (χ1) is 19.9. The summed E-state index contributed by atoms with van der Waals surface area (Å²) < 4.78 is 20.8. The number of halogens is 1. The van der Waals surface area contributed by atoms with E-state index in [1.807, 2.05) is 34.6 Å². The molecule has 41 heavy (non-hydrogen) atoms. The highest BCUT2D eigenvalue weighted by atomic mass is 32.1. The summed E-state index contributed by atoms with van der Waals surface area (Å²) in [4.78, 5) is 28.9. The van der Waals surface area contributed by atoms with Gasteiger partial charge in [0.2, 0.25) is 5.91 Å². The summed E-state index contributed by atoms with van der Waals surface area (Å²) in [6.45, 7) is 7.27. The monoisotopic (exact) mass is 572 g/mol. The number of anilines is 3. The van der Waals surface area contributed by atoms with Gasteiger partial charge in [-0.1, -0.05) is 11.3 Å². The number of nitriles is 1. The summed E-state index contributed by atoms with van der Waals surface area (Å²) in [6, 6.07) is 10.4. The Kier molecular flexibility index (Phi) is 6.17. The van der Waals surface area contributed by atoms with Gasteiger partial charge in [-0.3, -0.25) is 4.79 Å². The van der Waals surface area contributed by atoms with Gasteiger partial charge >= 0.3 is 0 Å². The molecule has 3 aliphatic rings. The molecule has 0 radical (unpaired) electrons. The van der Waals surface area contributed by atoms with Crippen LogP contribution in [0.1, 0.15) is 18.2 Å². The van der Waals surface area contributed by atoms with Gasteiger partial charge in [-0.15, -0.1) is 0 Å². The molecule has 6 heterocycles. The number of ether oxygens (including phenoxy) is 1. The number of carbonyl (C=O) groups is 1.